The fourth-order valence-corrected chi connectivity index (χ4v) is 2.54. The molecule has 100 valence electrons. The Morgan fingerprint density at radius 1 is 1.44 bits per heavy atom. The van der Waals surface area contributed by atoms with Crippen molar-refractivity contribution in [2.75, 3.05) is 13.6 Å². The largest absolute Gasteiger partial charge is 0.369 e. The molecule has 1 amide bonds. The summed E-state index contributed by atoms with van der Waals surface area (Å²) in [6.07, 6.45) is 0. The van der Waals surface area contributed by atoms with E-state index in [1.165, 1.54) is 7.05 Å². The third-order valence-electron chi connectivity index (χ3n) is 2.32. The minimum atomic E-state index is -3.87. The van der Waals surface area contributed by atoms with Crippen molar-refractivity contribution in [2.45, 2.75) is 11.4 Å². The van der Waals surface area contributed by atoms with Crippen molar-refractivity contribution in [3.8, 4) is 0 Å². The number of carbonyl (C=O) groups is 1. The van der Waals surface area contributed by atoms with Gasteiger partial charge < -0.3 is 11.5 Å². The molecule has 0 aliphatic rings. The summed E-state index contributed by atoms with van der Waals surface area (Å²) in [6.45, 7) is -0.563. The fourth-order valence-electron chi connectivity index (χ4n) is 1.35. The van der Waals surface area contributed by atoms with Crippen molar-refractivity contribution >= 4 is 15.9 Å². The third-order valence-corrected chi connectivity index (χ3v) is 4.12. The molecule has 1 aromatic rings. The van der Waals surface area contributed by atoms with Crippen LogP contribution in [0.15, 0.2) is 23.1 Å². The molecule has 0 saturated carbocycles. The lowest BCUT2D eigenvalue weighted by atomic mass is 10.2. The van der Waals surface area contributed by atoms with Gasteiger partial charge in [-0.1, -0.05) is 0 Å². The van der Waals surface area contributed by atoms with E-state index in [0.29, 0.717) is 0 Å². The number of nitrogens with two attached hydrogens (primary N) is 2. The van der Waals surface area contributed by atoms with E-state index < -0.39 is 28.3 Å². The summed E-state index contributed by atoms with van der Waals surface area (Å²) in [6, 6.07) is 3.27. The van der Waals surface area contributed by atoms with Crippen LogP contribution in [-0.2, 0) is 21.4 Å². The number of amides is 1. The first-order valence-electron chi connectivity index (χ1n) is 5.02. The summed E-state index contributed by atoms with van der Waals surface area (Å²) in [5, 5.41) is 0. The molecule has 0 atom stereocenters. The Kier molecular flexibility index (Phi) is 4.38. The van der Waals surface area contributed by atoms with Crippen molar-refractivity contribution in [3.05, 3.63) is 29.6 Å². The summed E-state index contributed by atoms with van der Waals surface area (Å²) in [5.41, 5.74) is 10.3. The normalized spacial score (nSPS) is 11.8. The molecule has 8 heteroatoms. The van der Waals surface area contributed by atoms with Gasteiger partial charge in [-0.25, -0.2) is 12.8 Å². The number of primary amides is 1. The lowest BCUT2D eigenvalue weighted by Crippen LogP contribution is -2.35. The van der Waals surface area contributed by atoms with Crippen molar-refractivity contribution in [1.82, 2.24) is 4.31 Å². The van der Waals surface area contributed by atoms with Crippen LogP contribution in [0.1, 0.15) is 5.56 Å². The number of likely N-dealkylation sites (N-methyl/N-ethyl adjacent to an activating group) is 1. The van der Waals surface area contributed by atoms with Gasteiger partial charge in [-0.15, -0.1) is 0 Å². The lowest BCUT2D eigenvalue weighted by molar-refractivity contribution is -0.118. The van der Waals surface area contributed by atoms with Gasteiger partial charge in [0.1, 0.15) is 5.82 Å². The third kappa shape index (κ3) is 3.03. The average molecular weight is 275 g/mol. The summed E-state index contributed by atoms with van der Waals surface area (Å²) < 4.78 is 38.0. The monoisotopic (exact) mass is 275 g/mol. The van der Waals surface area contributed by atoms with Crippen LogP contribution in [0.5, 0.6) is 0 Å². The van der Waals surface area contributed by atoms with E-state index in [1.807, 2.05) is 0 Å². The van der Waals surface area contributed by atoms with Gasteiger partial charge in [-0.05, 0) is 18.2 Å². The molecule has 0 saturated heterocycles. The molecule has 6 nitrogen and oxygen atoms in total. The summed E-state index contributed by atoms with van der Waals surface area (Å²) in [4.78, 5) is 10.6. The molecule has 1 aromatic carbocycles. The first-order chi connectivity index (χ1) is 8.28. The van der Waals surface area contributed by atoms with Crippen molar-refractivity contribution in [1.29, 1.82) is 0 Å². The molecule has 1 rings (SSSR count). The molecule has 18 heavy (non-hydrogen) atoms. The Morgan fingerprint density at radius 3 is 2.56 bits per heavy atom. The smallest absolute Gasteiger partial charge is 0.243 e. The Morgan fingerprint density at radius 2 is 2.06 bits per heavy atom. The highest BCUT2D eigenvalue weighted by atomic mass is 32.2. The maximum atomic E-state index is 13.2. The molecule has 0 radical (unpaired) electrons. The number of carbonyl (C=O) groups excluding carboxylic acids is 1. The highest BCUT2D eigenvalue weighted by molar-refractivity contribution is 7.89. The second kappa shape index (κ2) is 5.42. The van der Waals surface area contributed by atoms with Gasteiger partial charge in [-0.2, -0.15) is 4.31 Å². The molecule has 0 unspecified atom stereocenters. The van der Waals surface area contributed by atoms with Crippen LogP contribution in [0.2, 0.25) is 0 Å². The topological polar surface area (TPSA) is 106 Å². The summed E-state index contributed by atoms with van der Waals surface area (Å²) >= 11 is 0. The molecule has 0 spiro atoms. The SMILES string of the molecule is CN(CC(N)=O)S(=O)(=O)c1ccc(F)c(CN)c1. The van der Waals surface area contributed by atoms with Gasteiger partial charge in [0.15, 0.2) is 0 Å². The fraction of sp³-hybridized carbons (Fsp3) is 0.300. The van der Waals surface area contributed by atoms with Crippen LogP contribution in [-0.4, -0.2) is 32.2 Å². The number of hydrogen-bond donors (Lipinski definition) is 2. The second-order valence-corrected chi connectivity index (χ2v) is 5.73. The highest BCUT2D eigenvalue weighted by Gasteiger charge is 2.22. The zero-order chi connectivity index (χ0) is 13.9. The van der Waals surface area contributed by atoms with Crippen molar-refractivity contribution < 1.29 is 17.6 Å². The van der Waals surface area contributed by atoms with E-state index in [0.717, 1.165) is 22.5 Å². The zero-order valence-corrected chi connectivity index (χ0v) is 10.6. The van der Waals surface area contributed by atoms with Gasteiger partial charge >= 0.3 is 0 Å². The number of benzene rings is 1. The molecule has 4 N–H and O–H groups in total. The van der Waals surface area contributed by atoms with Gasteiger partial charge in [0.2, 0.25) is 15.9 Å². The predicted octanol–water partition coefficient (Wildman–Crippen LogP) is -0.610. The minimum Gasteiger partial charge on any atom is -0.369 e. The number of sulfonamides is 1. The lowest BCUT2D eigenvalue weighted by Gasteiger charge is -2.15. The molecular weight excluding hydrogens is 261 g/mol. The maximum Gasteiger partial charge on any atom is 0.243 e. The summed E-state index contributed by atoms with van der Waals surface area (Å²) in [5.74, 6) is -1.35. The number of hydrogen-bond acceptors (Lipinski definition) is 4. The first kappa shape index (κ1) is 14.6. The minimum absolute atomic E-state index is 0.0866. The standard InChI is InChI=1S/C10H14FN3O3S/c1-14(6-10(13)15)18(16,17)8-2-3-9(11)7(4-8)5-12/h2-4H,5-6,12H2,1H3,(H2,13,15). The average Bonchev–Trinajstić information content (AvgIpc) is 2.28. The van der Waals surface area contributed by atoms with Crippen LogP contribution in [0, 0.1) is 5.82 Å². The summed E-state index contributed by atoms with van der Waals surface area (Å²) in [7, 11) is -2.66. The number of halogens is 1. The molecule has 0 aromatic heterocycles. The van der Waals surface area contributed by atoms with Crippen LogP contribution in [0.25, 0.3) is 0 Å². The van der Waals surface area contributed by atoms with Gasteiger partial charge in [0.25, 0.3) is 0 Å². The van der Waals surface area contributed by atoms with Crippen LogP contribution in [0.4, 0.5) is 4.39 Å². The Balaban J connectivity index is 3.16. The van der Waals surface area contributed by atoms with Gasteiger partial charge in [-0.3, -0.25) is 4.79 Å². The molecule has 0 bridgehead atoms. The van der Waals surface area contributed by atoms with E-state index in [9.17, 15) is 17.6 Å². The maximum absolute atomic E-state index is 13.2. The van der Waals surface area contributed by atoms with E-state index in [2.05, 4.69) is 0 Å². The van der Waals surface area contributed by atoms with Crippen LogP contribution >= 0.6 is 0 Å². The van der Waals surface area contributed by atoms with Gasteiger partial charge in [0, 0.05) is 19.2 Å². The molecule has 0 heterocycles. The van der Waals surface area contributed by atoms with E-state index in [4.69, 9.17) is 11.5 Å². The van der Waals surface area contributed by atoms with Crippen molar-refractivity contribution in [2.24, 2.45) is 11.5 Å². The van der Waals surface area contributed by atoms with Crippen LogP contribution in [0.3, 0.4) is 0 Å². The molecule has 0 fully saturated rings. The van der Waals surface area contributed by atoms with Crippen molar-refractivity contribution in [3.63, 3.8) is 0 Å². The molecular formula is C10H14FN3O3S. The quantitative estimate of drug-likeness (QED) is 0.747. The first-order valence-corrected chi connectivity index (χ1v) is 6.46. The van der Waals surface area contributed by atoms with Gasteiger partial charge in [0.05, 0.1) is 11.4 Å². The number of nitrogens with zero attached hydrogens (tertiary/aromatic N) is 1. The van der Waals surface area contributed by atoms with Crippen LogP contribution < -0.4 is 11.5 Å². The zero-order valence-electron chi connectivity index (χ0n) is 9.76. The Labute approximate surface area is 104 Å². The Bertz CT molecular complexity index is 559. The second-order valence-electron chi connectivity index (χ2n) is 3.68. The Hall–Kier alpha value is -1.51. The number of rotatable bonds is 5. The van der Waals surface area contributed by atoms with E-state index in [-0.39, 0.29) is 17.0 Å². The van der Waals surface area contributed by atoms with E-state index >= 15 is 0 Å². The van der Waals surface area contributed by atoms with E-state index in [1.54, 1.807) is 0 Å². The highest BCUT2D eigenvalue weighted by Crippen LogP contribution is 2.17. The molecule has 0 aliphatic carbocycles. The predicted molar refractivity (Wildman–Crippen MR) is 63.3 cm³/mol. The molecule has 0 aliphatic heterocycles.